The number of hydrogen-bond acceptors (Lipinski definition) is 3. The number of fused-ring (bicyclic) bond motifs is 1. The van der Waals surface area contributed by atoms with Gasteiger partial charge in [-0.2, -0.15) is 0 Å². The molecule has 0 fully saturated rings. The van der Waals surface area contributed by atoms with E-state index in [4.69, 9.17) is 0 Å². The van der Waals surface area contributed by atoms with Gasteiger partial charge in [-0.05, 0) is 30.3 Å². The SMILES string of the molecule is C=CC[Si](O)(CC=C)CC=C.O=C1NC(=O)c2c(F)cccc21. The highest BCUT2D eigenvalue weighted by molar-refractivity contribution is 6.73. The molecule has 1 aliphatic heterocycles. The van der Waals surface area contributed by atoms with Crippen molar-refractivity contribution in [1.82, 2.24) is 5.32 Å². The lowest BCUT2D eigenvalue weighted by Crippen LogP contribution is -2.31. The summed E-state index contributed by atoms with van der Waals surface area (Å²) in [4.78, 5) is 31.8. The summed E-state index contributed by atoms with van der Waals surface area (Å²) in [6.07, 6.45) is 5.33. The summed E-state index contributed by atoms with van der Waals surface area (Å²) < 4.78 is 12.9. The first-order valence-corrected chi connectivity index (χ1v) is 9.64. The highest BCUT2D eigenvalue weighted by Gasteiger charge is 2.29. The van der Waals surface area contributed by atoms with E-state index in [-0.39, 0.29) is 11.1 Å². The van der Waals surface area contributed by atoms with E-state index >= 15 is 0 Å². The number of carbonyl (C=O) groups excluding carboxylic acids is 2. The van der Waals surface area contributed by atoms with Crippen LogP contribution < -0.4 is 5.32 Å². The van der Waals surface area contributed by atoms with Gasteiger partial charge in [0.25, 0.3) is 11.8 Å². The van der Waals surface area contributed by atoms with E-state index in [2.05, 4.69) is 19.7 Å². The standard InChI is InChI=1S/C9H16OSi.C8H4FNO2/c1-4-7-11(10,8-5-2)9-6-3;9-5-3-1-2-4-6(5)8(12)10-7(4)11/h4-6,10H,1-3,7-9H2;1-3H,(H,10,11,12). The molecular formula is C17H20FNO3Si. The number of rotatable bonds is 6. The lowest BCUT2D eigenvalue weighted by Gasteiger charge is -2.19. The van der Waals surface area contributed by atoms with Crippen LogP contribution in [0.5, 0.6) is 0 Å². The molecule has 122 valence electrons. The van der Waals surface area contributed by atoms with E-state index in [1.54, 1.807) is 18.2 Å². The first-order valence-electron chi connectivity index (χ1n) is 7.08. The number of halogens is 1. The van der Waals surface area contributed by atoms with Crippen LogP contribution in [0.4, 0.5) is 4.39 Å². The Kier molecular flexibility index (Phi) is 6.80. The van der Waals surface area contributed by atoms with Gasteiger partial charge in [0, 0.05) is 0 Å². The topological polar surface area (TPSA) is 66.4 Å². The van der Waals surface area contributed by atoms with Crippen molar-refractivity contribution >= 4 is 20.1 Å². The molecule has 23 heavy (non-hydrogen) atoms. The van der Waals surface area contributed by atoms with E-state index in [1.807, 2.05) is 5.32 Å². The molecule has 2 rings (SSSR count). The predicted octanol–water partition coefficient (Wildman–Crippen LogP) is 3.19. The van der Waals surface area contributed by atoms with Crippen LogP contribution in [0.25, 0.3) is 0 Å². The highest BCUT2D eigenvalue weighted by atomic mass is 28.4. The lowest BCUT2D eigenvalue weighted by atomic mass is 10.1. The van der Waals surface area contributed by atoms with Crippen LogP contribution in [0.2, 0.25) is 18.1 Å². The molecule has 1 aliphatic rings. The molecule has 0 radical (unpaired) electrons. The first-order chi connectivity index (χ1) is 10.9. The van der Waals surface area contributed by atoms with E-state index in [9.17, 15) is 18.8 Å². The van der Waals surface area contributed by atoms with Crippen molar-refractivity contribution < 1.29 is 18.8 Å². The lowest BCUT2D eigenvalue weighted by molar-refractivity contribution is 0.0878. The van der Waals surface area contributed by atoms with Gasteiger partial charge in [-0.1, -0.05) is 24.3 Å². The maximum Gasteiger partial charge on any atom is 0.261 e. The molecule has 0 unspecified atom stereocenters. The number of nitrogens with one attached hydrogen (secondary N) is 1. The Balaban J connectivity index is 0.000000232. The summed E-state index contributed by atoms with van der Waals surface area (Å²) in [5.41, 5.74) is -0.0394. The largest absolute Gasteiger partial charge is 0.431 e. The molecule has 0 spiro atoms. The number of hydrogen-bond donors (Lipinski definition) is 2. The second-order valence-electron chi connectivity index (χ2n) is 5.15. The fourth-order valence-corrected chi connectivity index (χ4v) is 4.35. The van der Waals surface area contributed by atoms with Gasteiger partial charge in [0.2, 0.25) is 0 Å². The zero-order valence-corrected chi connectivity index (χ0v) is 13.8. The third-order valence-electron chi connectivity index (χ3n) is 3.29. The quantitative estimate of drug-likeness (QED) is 0.477. The van der Waals surface area contributed by atoms with Gasteiger partial charge in [-0.3, -0.25) is 14.9 Å². The van der Waals surface area contributed by atoms with Crippen molar-refractivity contribution in [2.45, 2.75) is 18.1 Å². The maximum atomic E-state index is 12.9. The minimum Gasteiger partial charge on any atom is -0.431 e. The van der Waals surface area contributed by atoms with Crippen LogP contribution in [0, 0.1) is 5.82 Å². The Labute approximate surface area is 136 Å². The smallest absolute Gasteiger partial charge is 0.261 e. The van der Waals surface area contributed by atoms with Crippen molar-refractivity contribution in [1.29, 1.82) is 0 Å². The third kappa shape index (κ3) is 4.84. The predicted molar refractivity (Wildman–Crippen MR) is 91.2 cm³/mol. The minimum atomic E-state index is -2.10. The number of allylic oxidation sites excluding steroid dienone is 3. The number of imide groups is 1. The zero-order valence-electron chi connectivity index (χ0n) is 12.8. The van der Waals surface area contributed by atoms with Crippen molar-refractivity contribution in [3.8, 4) is 0 Å². The van der Waals surface area contributed by atoms with Crippen LogP contribution in [0.15, 0.2) is 56.2 Å². The Morgan fingerprint density at radius 3 is 2.00 bits per heavy atom. The van der Waals surface area contributed by atoms with Gasteiger partial charge < -0.3 is 4.80 Å². The molecule has 1 aromatic rings. The molecule has 1 aromatic carbocycles. The Bertz CT molecular complexity index is 616. The number of carbonyl (C=O) groups is 2. The van der Waals surface area contributed by atoms with Crippen molar-refractivity contribution in [3.63, 3.8) is 0 Å². The highest BCUT2D eigenvalue weighted by Crippen LogP contribution is 2.19. The molecule has 2 N–H and O–H groups in total. The molecule has 0 saturated heterocycles. The van der Waals surface area contributed by atoms with Crippen molar-refractivity contribution in [3.05, 3.63) is 73.1 Å². The van der Waals surface area contributed by atoms with E-state index in [0.717, 1.165) is 24.2 Å². The molecule has 1 heterocycles. The molecule has 6 heteroatoms. The van der Waals surface area contributed by atoms with Crippen molar-refractivity contribution in [2.75, 3.05) is 0 Å². The van der Waals surface area contributed by atoms with Gasteiger partial charge in [0.1, 0.15) is 5.82 Å². The molecule has 2 amide bonds. The van der Waals surface area contributed by atoms with E-state index < -0.39 is 25.9 Å². The van der Waals surface area contributed by atoms with Crippen LogP contribution in [-0.4, -0.2) is 24.9 Å². The van der Waals surface area contributed by atoms with Crippen LogP contribution >= 0.6 is 0 Å². The third-order valence-corrected chi connectivity index (χ3v) is 6.43. The fourth-order valence-electron chi connectivity index (χ4n) is 2.23. The van der Waals surface area contributed by atoms with Crippen molar-refractivity contribution in [2.24, 2.45) is 0 Å². The molecule has 4 nitrogen and oxygen atoms in total. The molecule has 0 aliphatic carbocycles. The Hall–Kier alpha value is -2.31. The fraction of sp³-hybridized carbons (Fsp3) is 0.176. The molecule has 0 bridgehead atoms. The van der Waals surface area contributed by atoms with Gasteiger partial charge in [0.05, 0.1) is 11.1 Å². The van der Waals surface area contributed by atoms with Gasteiger partial charge in [-0.25, -0.2) is 4.39 Å². The van der Waals surface area contributed by atoms with Gasteiger partial charge in [0.15, 0.2) is 8.32 Å². The molecule has 0 aromatic heterocycles. The Morgan fingerprint density at radius 1 is 1.04 bits per heavy atom. The summed E-state index contributed by atoms with van der Waals surface area (Å²) in [7, 11) is -2.10. The number of amides is 2. The summed E-state index contributed by atoms with van der Waals surface area (Å²) in [5, 5.41) is 2.01. The molecule has 0 atom stereocenters. The van der Waals surface area contributed by atoms with Gasteiger partial charge >= 0.3 is 0 Å². The maximum absolute atomic E-state index is 12.9. The summed E-state index contributed by atoms with van der Waals surface area (Å²) in [6.45, 7) is 10.8. The monoisotopic (exact) mass is 333 g/mol. The van der Waals surface area contributed by atoms with Gasteiger partial charge in [-0.15, -0.1) is 19.7 Å². The summed E-state index contributed by atoms with van der Waals surface area (Å²) in [5.74, 6) is -1.85. The second kappa shape index (κ2) is 8.35. The van der Waals surface area contributed by atoms with E-state index in [1.165, 1.54) is 12.1 Å². The van der Waals surface area contributed by atoms with Crippen LogP contribution in [-0.2, 0) is 0 Å². The second-order valence-corrected chi connectivity index (χ2v) is 8.82. The summed E-state index contributed by atoms with van der Waals surface area (Å²) >= 11 is 0. The first kappa shape index (κ1) is 18.7. The molecule has 0 saturated carbocycles. The minimum absolute atomic E-state index is 0.111. The van der Waals surface area contributed by atoms with Crippen LogP contribution in [0.3, 0.4) is 0 Å². The Morgan fingerprint density at radius 2 is 1.57 bits per heavy atom. The molecular weight excluding hydrogens is 313 g/mol. The zero-order chi connectivity index (χ0) is 17.5. The van der Waals surface area contributed by atoms with Crippen LogP contribution in [0.1, 0.15) is 20.7 Å². The average molecular weight is 333 g/mol. The normalized spacial score (nSPS) is 12.6. The average Bonchev–Trinajstić information content (AvgIpc) is 2.76. The number of benzene rings is 1. The van der Waals surface area contributed by atoms with E-state index in [0.29, 0.717) is 0 Å². The summed E-state index contributed by atoms with van der Waals surface area (Å²) in [6, 6.07) is 6.14.